The van der Waals surface area contributed by atoms with E-state index in [-0.39, 0.29) is 52.8 Å². The van der Waals surface area contributed by atoms with Crippen LogP contribution in [0.1, 0.15) is 39.2 Å². The molecule has 2 heterocycles. The van der Waals surface area contributed by atoms with Gasteiger partial charge in [-0.25, -0.2) is 14.6 Å². The molecular formula is C19H17F2N3O5S. The zero-order valence-corrected chi connectivity index (χ0v) is 16.8. The van der Waals surface area contributed by atoms with E-state index >= 15 is 0 Å². The molecule has 0 fully saturated rings. The number of fused-ring (bicyclic) bond motifs is 1. The maximum atomic E-state index is 12.4. The van der Waals surface area contributed by atoms with E-state index in [2.05, 4.69) is 9.97 Å². The molecule has 0 aliphatic carbocycles. The number of aromatic nitrogens is 2. The number of nitrogens with two attached hydrogens (primary N) is 1. The summed E-state index contributed by atoms with van der Waals surface area (Å²) >= 11 is 0.377. The molecule has 0 radical (unpaired) electrons. The van der Waals surface area contributed by atoms with Crippen LogP contribution in [-0.4, -0.2) is 34.3 Å². The summed E-state index contributed by atoms with van der Waals surface area (Å²) in [5, 5.41) is 0.230. The fraction of sp³-hybridized carbons (Fsp3) is 0.263. The van der Waals surface area contributed by atoms with Crippen LogP contribution in [0.5, 0.6) is 0 Å². The van der Waals surface area contributed by atoms with Crippen LogP contribution in [0, 0.1) is 6.92 Å². The van der Waals surface area contributed by atoms with Gasteiger partial charge >= 0.3 is 11.9 Å². The lowest BCUT2D eigenvalue weighted by Gasteiger charge is -2.06. The number of alkyl halides is 2. The van der Waals surface area contributed by atoms with E-state index in [1.807, 2.05) is 0 Å². The summed E-state index contributed by atoms with van der Waals surface area (Å²) < 4.78 is 40.3. The molecule has 3 aromatic rings. The summed E-state index contributed by atoms with van der Waals surface area (Å²) in [6, 6.07) is 5.56. The van der Waals surface area contributed by atoms with E-state index in [1.165, 1.54) is 24.3 Å². The lowest BCUT2D eigenvalue weighted by molar-refractivity contribution is 0.0461. The molecule has 2 aromatic heterocycles. The van der Waals surface area contributed by atoms with Crippen LogP contribution in [0.3, 0.4) is 0 Å². The first kappa shape index (κ1) is 21.5. The number of thioether (sulfide) groups is 1. The summed E-state index contributed by atoms with van der Waals surface area (Å²) in [4.78, 5) is 32.8. The molecule has 0 aliphatic heterocycles. The lowest BCUT2D eigenvalue weighted by Crippen LogP contribution is -2.10. The van der Waals surface area contributed by atoms with Gasteiger partial charge in [0.25, 0.3) is 5.76 Å². The van der Waals surface area contributed by atoms with Crippen LogP contribution in [0.15, 0.2) is 33.6 Å². The molecule has 2 N–H and O–H groups in total. The minimum atomic E-state index is -2.55. The highest BCUT2D eigenvalue weighted by atomic mass is 32.2. The van der Waals surface area contributed by atoms with Gasteiger partial charge in [0.15, 0.2) is 12.4 Å². The number of carbonyl (C=O) groups is 2. The Morgan fingerprint density at radius 2 is 1.87 bits per heavy atom. The third-order valence-electron chi connectivity index (χ3n) is 3.93. The normalized spacial score (nSPS) is 11.1. The van der Waals surface area contributed by atoms with E-state index < -0.39 is 17.7 Å². The average molecular weight is 437 g/mol. The van der Waals surface area contributed by atoms with Crippen LogP contribution < -0.4 is 5.73 Å². The van der Waals surface area contributed by atoms with Crippen LogP contribution in [0.4, 0.5) is 14.6 Å². The standard InChI is InChI=1S/C19H17F2N3O5S/c1-3-27-18(26)13-9(2)29-16-14(13)15(22)23-12(24-16)8-28-17(25)10-4-6-11(7-5-10)30-19(20)21/h4-7,19H,3,8H2,1-2H3,(H2,22,23,24). The smallest absolute Gasteiger partial charge is 0.342 e. The molecule has 158 valence electrons. The predicted molar refractivity (Wildman–Crippen MR) is 104 cm³/mol. The number of benzene rings is 1. The number of rotatable bonds is 7. The van der Waals surface area contributed by atoms with Crippen molar-refractivity contribution >= 4 is 40.6 Å². The van der Waals surface area contributed by atoms with Gasteiger partial charge in [0.05, 0.1) is 17.6 Å². The van der Waals surface area contributed by atoms with E-state index in [0.717, 1.165) is 0 Å². The van der Waals surface area contributed by atoms with Crippen molar-refractivity contribution in [1.82, 2.24) is 9.97 Å². The average Bonchev–Trinajstić information content (AvgIpc) is 3.03. The second-order valence-corrected chi connectivity index (χ2v) is 7.00. The van der Waals surface area contributed by atoms with Crippen molar-refractivity contribution in [2.45, 2.75) is 31.1 Å². The quantitative estimate of drug-likeness (QED) is 0.433. The van der Waals surface area contributed by atoms with Gasteiger partial charge < -0.3 is 19.6 Å². The molecule has 0 saturated carbocycles. The molecular weight excluding hydrogens is 420 g/mol. The molecule has 3 rings (SSSR count). The summed E-state index contributed by atoms with van der Waals surface area (Å²) in [5.74, 6) is -3.50. The number of furan rings is 1. The Bertz CT molecular complexity index is 1090. The highest BCUT2D eigenvalue weighted by Gasteiger charge is 2.24. The van der Waals surface area contributed by atoms with Crippen LogP contribution in [0.25, 0.3) is 11.1 Å². The second-order valence-electron chi connectivity index (χ2n) is 5.94. The van der Waals surface area contributed by atoms with Gasteiger partial charge in [-0.05, 0) is 38.1 Å². The number of aryl methyl sites for hydroxylation is 1. The van der Waals surface area contributed by atoms with Gasteiger partial charge in [0.2, 0.25) is 5.71 Å². The maximum Gasteiger partial charge on any atom is 0.342 e. The van der Waals surface area contributed by atoms with Crippen molar-refractivity contribution in [2.75, 3.05) is 12.3 Å². The molecule has 0 bridgehead atoms. The molecule has 0 unspecified atom stereocenters. The Balaban J connectivity index is 1.75. The van der Waals surface area contributed by atoms with Crippen molar-refractivity contribution in [3.8, 4) is 0 Å². The molecule has 0 spiro atoms. The molecule has 0 amide bonds. The minimum Gasteiger partial charge on any atom is -0.462 e. The number of hydrogen-bond donors (Lipinski definition) is 1. The third kappa shape index (κ3) is 4.67. The fourth-order valence-electron chi connectivity index (χ4n) is 2.68. The van der Waals surface area contributed by atoms with E-state index in [4.69, 9.17) is 19.6 Å². The SMILES string of the molecule is CCOC(=O)c1c(C)oc2nc(COC(=O)c3ccc(SC(F)F)cc3)nc(N)c12. The van der Waals surface area contributed by atoms with Gasteiger partial charge in [-0.15, -0.1) is 0 Å². The second kappa shape index (κ2) is 9.08. The third-order valence-corrected chi connectivity index (χ3v) is 4.65. The summed E-state index contributed by atoms with van der Waals surface area (Å²) in [5.41, 5.74) is 6.36. The Labute approximate surface area is 173 Å². The Morgan fingerprint density at radius 3 is 2.50 bits per heavy atom. The molecule has 0 aliphatic rings. The molecule has 11 heteroatoms. The Hall–Kier alpha value is -3.21. The van der Waals surface area contributed by atoms with Crippen molar-refractivity contribution in [3.63, 3.8) is 0 Å². The van der Waals surface area contributed by atoms with Crippen LogP contribution in [-0.2, 0) is 16.1 Å². The molecule has 0 atom stereocenters. The molecule has 8 nitrogen and oxygen atoms in total. The van der Waals surface area contributed by atoms with Gasteiger partial charge in [0, 0.05) is 4.90 Å². The van der Waals surface area contributed by atoms with Crippen molar-refractivity contribution < 1.29 is 32.3 Å². The number of carbonyl (C=O) groups excluding carboxylic acids is 2. The maximum absolute atomic E-state index is 12.4. The van der Waals surface area contributed by atoms with Crippen LogP contribution in [0.2, 0.25) is 0 Å². The number of nitrogen functional groups attached to an aromatic ring is 1. The molecule has 30 heavy (non-hydrogen) atoms. The topological polar surface area (TPSA) is 118 Å². The van der Waals surface area contributed by atoms with E-state index in [9.17, 15) is 18.4 Å². The minimum absolute atomic E-state index is 0.0145. The summed E-state index contributed by atoms with van der Waals surface area (Å²) in [6.07, 6.45) is 0. The molecule has 0 saturated heterocycles. The zero-order chi connectivity index (χ0) is 21.8. The summed E-state index contributed by atoms with van der Waals surface area (Å²) in [7, 11) is 0. The van der Waals surface area contributed by atoms with Crippen molar-refractivity contribution in [1.29, 1.82) is 0 Å². The largest absolute Gasteiger partial charge is 0.462 e. The number of ether oxygens (including phenoxy) is 2. The zero-order valence-electron chi connectivity index (χ0n) is 16.0. The van der Waals surface area contributed by atoms with E-state index in [0.29, 0.717) is 16.7 Å². The van der Waals surface area contributed by atoms with Crippen molar-refractivity contribution in [2.24, 2.45) is 0 Å². The first-order valence-electron chi connectivity index (χ1n) is 8.74. The summed E-state index contributed by atoms with van der Waals surface area (Å²) in [6.45, 7) is 3.12. The fourth-order valence-corrected chi connectivity index (χ4v) is 3.18. The van der Waals surface area contributed by atoms with Gasteiger partial charge in [-0.2, -0.15) is 13.8 Å². The number of halogens is 2. The number of esters is 2. The van der Waals surface area contributed by atoms with Gasteiger partial charge in [-0.3, -0.25) is 0 Å². The molecule has 1 aromatic carbocycles. The van der Waals surface area contributed by atoms with E-state index in [1.54, 1.807) is 13.8 Å². The number of anilines is 1. The number of hydrogen-bond acceptors (Lipinski definition) is 9. The highest BCUT2D eigenvalue weighted by Crippen LogP contribution is 2.29. The van der Waals surface area contributed by atoms with Gasteiger partial charge in [0.1, 0.15) is 17.1 Å². The lowest BCUT2D eigenvalue weighted by atomic mass is 10.2. The monoisotopic (exact) mass is 437 g/mol. The first-order chi connectivity index (χ1) is 14.3. The Morgan fingerprint density at radius 1 is 1.17 bits per heavy atom. The van der Waals surface area contributed by atoms with Crippen LogP contribution >= 0.6 is 11.8 Å². The number of nitrogens with zero attached hydrogens (tertiary/aromatic N) is 2. The first-order valence-corrected chi connectivity index (χ1v) is 9.62. The Kier molecular flexibility index (Phi) is 6.50. The van der Waals surface area contributed by atoms with Gasteiger partial charge in [-0.1, -0.05) is 11.8 Å². The van der Waals surface area contributed by atoms with Crippen molar-refractivity contribution in [3.05, 3.63) is 47.0 Å². The predicted octanol–water partition coefficient (Wildman–Crippen LogP) is 3.96. The highest BCUT2D eigenvalue weighted by molar-refractivity contribution is 7.99.